The number of unbranched alkanes of at least 4 members (excludes halogenated alkanes) is 2. The molecule has 9 amide bonds. The second kappa shape index (κ2) is 30.0. The zero-order valence-corrected chi connectivity index (χ0v) is 60.6. The Kier molecular flexibility index (Phi) is 20.7. The van der Waals surface area contributed by atoms with Crippen LogP contribution in [0, 0.1) is 41.5 Å². The van der Waals surface area contributed by atoms with E-state index in [0.29, 0.717) is 70.4 Å². The van der Waals surface area contributed by atoms with E-state index in [1.165, 1.54) is 18.2 Å². The van der Waals surface area contributed by atoms with Crippen molar-refractivity contribution in [1.82, 2.24) is 60.6 Å². The zero-order chi connectivity index (χ0) is 73.5. The fourth-order valence-electron chi connectivity index (χ4n) is 13.8. The molecule has 4 atom stereocenters. The number of amides is 9. The number of nitrogens with zero attached hydrogens (tertiary/aromatic N) is 10. The van der Waals surface area contributed by atoms with E-state index in [-0.39, 0.29) is 91.4 Å². The highest BCUT2D eigenvalue weighted by atomic mass is 35.5. The molecule has 2 unspecified atom stereocenters. The molecule has 0 saturated carbocycles. The number of hydrogen-bond donors (Lipinski definition) is 4. The molecule has 14 rings (SSSR count). The highest BCUT2D eigenvalue weighted by Crippen LogP contribution is 2.43. The number of benzene rings is 4. The first-order chi connectivity index (χ1) is 49.9. The average molecular weight is 1480 g/mol. The Balaban J connectivity index is 0.000000185. The van der Waals surface area contributed by atoms with E-state index in [4.69, 9.17) is 37.9 Å². The zero-order valence-electron chi connectivity index (χ0n) is 57.4. The van der Waals surface area contributed by atoms with Crippen LogP contribution in [0.5, 0.6) is 5.75 Å². The molecule has 0 radical (unpaired) electrons. The van der Waals surface area contributed by atoms with Crippen LogP contribution < -0.4 is 26.0 Å². The second-order valence-electron chi connectivity index (χ2n) is 26.2. The van der Waals surface area contributed by atoms with Gasteiger partial charge in [0, 0.05) is 79.8 Å². The van der Waals surface area contributed by atoms with Crippen LogP contribution in [0.1, 0.15) is 185 Å². The molecule has 30 heteroatoms. The Morgan fingerprint density at radius 2 is 1.10 bits per heavy atom. The van der Waals surface area contributed by atoms with Gasteiger partial charge in [-0.25, -0.2) is 0 Å². The van der Waals surface area contributed by atoms with Crippen LogP contribution in [-0.4, -0.2) is 147 Å². The predicted molar refractivity (Wildman–Crippen MR) is 385 cm³/mol. The van der Waals surface area contributed by atoms with Gasteiger partial charge in [0.15, 0.2) is 29.8 Å². The largest absolute Gasteiger partial charge is 0.483 e. The Labute approximate surface area is 614 Å². The number of aryl methyl sites for hydroxylation is 5. The number of ether oxygens (including phenoxy) is 1. The number of rotatable bonds is 21. The third-order valence-electron chi connectivity index (χ3n) is 19.3. The van der Waals surface area contributed by atoms with Crippen molar-refractivity contribution < 1.29 is 57.5 Å². The number of carbonyl (C=O) groups excluding carboxylic acids is 11. The van der Waals surface area contributed by atoms with Gasteiger partial charge in [0.1, 0.15) is 51.6 Å². The van der Waals surface area contributed by atoms with E-state index in [9.17, 15) is 52.7 Å². The SMILES string of the molecule is Cc1sc2c(c1C)C(c1ccc(Cl)cc1)=N[C@@H](CC(=O)CNC(=O)COc1cccc3c1C(=O)N(C1CCC(=O)NC1=O)C3=O)c1nnc(C)n1-2.Cc1sc2c(c1C)C(c1ccc(Cl)cc1)=N[C@@H](CC(=O)NCC(=O)CCCCCc1cccc3c1CN(C1CCC(=O)NC1=O)C3=O)c1nnc(C)n1-2. The number of fused-ring (bicyclic) bond motifs is 8. The molecule has 4 aromatic heterocycles. The van der Waals surface area contributed by atoms with Gasteiger partial charge >= 0.3 is 0 Å². The summed E-state index contributed by atoms with van der Waals surface area (Å²) < 4.78 is 9.57. The molecular weight excluding hydrogens is 1410 g/mol. The van der Waals surface area contributed by atoms with E-state index in [2.05, 4.69) is 55.5 Å². The number of ketones is 2. The van der Waals surface area contributed by atoms with Crippen LogP contribution in [0.2, 0.25) is 10.0 Å². The average Bonchev–Trinajstić information content (AvgIpc) is 1.56. The second-order valence-corrected chi connectivity index (χ2v) is 29.4. The van der Waals surface area contributed by atoms with Gasteiger partial charge in [0.05, 0.1) is 42.1 Å². The van der Waals surface area contributed by atoms with Crippen LogP contribution in [0.15, 0.2) is 94.9 Å². The summed E-state index contributed by atoms with van der Waals surface area (Å²) in [4.78, 5) is 155. The highest BCUT2D eigenvalue weighted by Gasteiger charge is 2.47. The van der Waals surface area contributed by atoms with E-state index in [1.807, 2.05) is 85.4 Å². The van der Waals surface area contributed by atoms with Crippen molar-refractivity contribution in [3.63, 3.8) is 0 Å². The fourth-order valence-corrected chi connectivity index (χ4v) is 16.5. The number of hydrogen-bond acceptors (Lipinski definition) is 20. The molecule has 10 heterocycles. The molecule has 2 fully saturated rings. The number of carbonyl (C=O) groups is 11. The van der Waals surface area contributed by atoms with Gasteiger partial charge < -0.3 is 20.3 Å². The Hall–Kier alpha value is -10.5. The molecule has 0 bridgehead atoms. The van der Waals surface area contributed by atoms with Crippen molar-refractivity contribution in [2.45, 2.75) is 143 Å². The Morgan fingerprint density at radius 3 is 1.67 bits per heavy atom. The van der Waals surface area contributed by atoms with Crippen LogP contribution in [0.4, 0.5) is 0 Å². The van der Waals surface area contributed by atoms with Crippen LogP contribution in [0.3, 0.4) is 0 Å². The van der Waals surface area contributed by atoms with Crippen molar-refractivity contribution in [2.75, 3.05) is 19.7 Å². The standard InChI is InChI=1S/C39H40ClN7O5S.C35H30ClN7O7S/c1-21-22(2)53-39-34(21)35(25-12-14-26(40)15-13-25)42-30(36-45-44-23(3)47(36)39)18-33(50)41-19-27(48)10-6-4-5-8-24-9-7-11-28-29(24)20-46(38(28)52)31-16-17-32(49)43-37(31)51;1-16-17(2)51-35-28(16)30(19-7-9-20(36)10-8-19)38-23(31-41-40-18(3)42(31)35)13-21(44)14-37-27(46)15-50-25-6-4-5-22-29(25)34(49)43(33(22)48)24-11-12-26(45)39-32(24)47/h7,9,11-15,30-31H,4-6,8,10,16-20H2,1-3H3,(H,41,50)(H,43,49,51);4-10,23-24H,11-15H2,1-3H3,(H,37,46)(H,39,45,47)/t30-,31?;23-,24?/m00/s1. The van der Waals surface area contributed by atoms with Crippen molar-refractivity contribution in [3.05, 3.63) is 189 Å². The number of aromatic nitrogens is 6. The van der Waals surface area contributed by atoms with Crippen LogP contribution in [-0.2, 0) is 51.3 Å². The highest BCUT2D eigenvalue weighted by molar-refractivity contribution is 7.15. The van der Waals surface area contributed by atoms with Gasteiger partial charge in [-0.1, -0.05) is 72.1 Å². The van der Waals surface area contributed by atoms with Gasteiger partial charge in [-0.2, -0.15) is 0 Å². The van der Waals surface area contributed by atoms with Gasteiger partial charge in [0.2, 0.25) is 29.5 Å². The van der Waals surface area contributed by atoms with Gasteiger partial charge in [-0.15, -0.1) is 43.1 Å². The minimum absolute atomic E-state index is 0.000343. The third kappa shape index (κ3) is 14.3. The van der Waals surface area contributed by atoms with Crippen molar-refractivity contribution in [1.29, 1.82) is 0 Å². The third-order valence-corrected chi connectivity index (χ3v) is 22.2. The maximum atomic E-state index is 13.4. The molecule has 6 aliphatic rings. The molecule has 26 nitrogen and oxygen atoms in total. The molecule has 0 aliphatic carbocycles. The number of nitrogens with one attached hydrogen (secondary N) is 4. The summed E-state index contributed by atoms with van der Waals surface area (Å²) in [5.74, 6) is -2.50. The van der Waals surface area contributed by atoms with Crippen molar-refractivity contribution in [2.24, 2.45) is 9.98 Å². The topological polar surface area (TPSA) is 338 Å². The number of halogens is 2. The Morgan fingerprint density at radius 1 is 0.567 bits per heavy atom. The van der Waals surface area contributed by atoms with E-state index >= 15 is 0 Å². The van der Waals surface area contributed by atoms with Gasteiger partial charge in [0.25, 0.3) is 23.6 Å². The minimum atomic E-state index is -1.14. The number of thiophene rings is 2. The Bertz CT molecular complexity index is 4990. The lowest BCUT2D eigenvalue weighted by molar-refractivity contribution is -0.138. The summed E-state index contributed by atoms with van der Waals surface area (Å²) >= 11 is 15.6. The number of Topliss-reactive ketones (excluding diaryl/α,β-unsaturated/α-hetero) is 2. The van der Waals surface area contributed by atoms with E-state index in [0.717, 1.165) is 94.1 Å². The normalized spacial score (nSPS) is 17.9. The quantitative estimate of drug-likeness (QED) is 0.0385. The first-order valence-corrected chi connectivity index (χ1v) is 36.3. The first-order valence-electron chi connectivity index (χ1n) is 33.9. The van der Waals surface area contributed by atoms with E-state index in [1.54, 1.807) is 45.8 Å². The summed E-state index contributed by atoms with van der Waals surface area (Å²) in [6, 6.07) is 21.7. The van der Waals surface area contributed by atoms with Gasteiger partial charge in [-0.3, -0.25) is 87.4 Å². The van der Waals surface area contributed by atoms with Crippen molar-refractivity contribution in [3.8, 4) is 15.8 Å². The maximum absolute atomic E-state index is 13.4. The molecule has 4 N–H and O–H groups in total. The number of aliphatic imine (C=N–C) groups is 2. The lowest BCUT2D eigenvalue weighted by atomic mass is 9.98. The van der Waals surface area contributed by atoms with Crippen LogP contribution in [0.25, 0.3) is 10.0 Å². The monoisotopic (exact) mass is 1480 g/mol. The molecule has 104 heavy (non-hydrogen) atoms. The van der Waals surface area contributed by atoms with Crippen molar-refractivity contribution >= 4 is 122 Å². The van der Waals surface area contributed by atoms with Gasteiger partial charge in [-0.05, 0) is 138 Å². The molecule has 8 aromatic rings. The van der Waals surface area contributed by atoms with E-state index < -0.39 is 66.2 Å². The maximum Gasteiger partial charge on any atom is 0.266 e. The molecule has 2 saturated heterocycles. The molecule has 534 valence electrons. The molecule has 4 aromatic carbocycles. The summed E-state index contributed by atoms with van der Waals surface area (Å²) in [6.45, 7) is 11.3. The van der Waals surface area contributed by atoms with Crippen LogP contribution >= 0.6 is 45.9 Å². The lowest BCUT2D eigenvalue weighted by Crippen LogP contribution is -2.54. The summed E-state index contributed by atoms with van der Waals surface area (Å²) in [6.07, 6.45) is 3.82. The summed E-state index contributed by atoms with van der Waals surface area (Å²) in [7, 11) is 0. The molecule has 0 spiro atoms. The molecular formula is C74H70Cl2N14O12S2. The predicted octanol–water partition coefficient (Wildman–Crippen LogP) is 8.79. The number of piperidine rings is 2. The smallest absolute Gasteiger partial charge is 0.266 e. The summed E-state index contributed by atoms with van der Waals surface area (Å²) in [5.41, 5.74) is 9.75. The lowest BCUT2D eigenvalue weighted by Gasteiger charge is -2.29. The first kappa shape index (κ1) is 71.8. The summed E-state index contributed by atoms with van der Waals surface area (Å²) in [5, 5.41) is 30.4. The molecule has 6 aliphatic heterocycles. The minimum Gasteiger partial charge on any atom is -0.483 e. The fraction of sp³-hybridized carbons (Fsp3) is 0.338. The number of imide groups is 3.